The summed E-state index contributed by atoms with van der Waals surface area (Å²) in [4.78, 5) is 12.1. The molecule has 0 fully saturated rings. The summed E-state index contributed by atoms with van der Waals surface area (Å²) in [6.45, 7) is 6.47. The van der Waals surface area contributed by atoms with Crippen LogP contribution in [-0.2, 0) is 2.69 Å². The van der Waals surface area contributed by atoms with E-state index >= 15 is 0 Å². The fourth-order valence-corrected chi connectivity index (χ4v) is 11.7. The normalized spacial score (nSPS) is 11.3. The van der Waals surface area contributed by atoms with Crippen molar-refractivity contribution < 1.29 is 7.48 Å². The van der Waals surface area contributed by atoms with Crippen molar-refractivity contribution in [3.63, 3.8) is 0 Å². The van der Waals surface area contributed by atoms with Gasteiger partial charge in [0.2, 0.25) is 0 Å². The fourth-order valence-electron chi connectivity index (χ4n) is 1.84. The van der Waals surface area contributed by atoms with Crippen molar-refractivity contribution >= 4 is 43.5 Å². The van der Waals surface area contributed by atoms with Crippen LogP contribution in [0.2, 0.25) is 11.9 Å². The number of halogens is 1. The average molecular weight is 494 g/mol. The summed E-state index contributed by atoms with van der Waals surface area (Å²) in [5, 5.41) is 0. The van der Waals surface area contributed by atoms with Gasteiger partial charge in [0.25, 0.3) is 0 Å². The summed E-state index contributed by atoms with van der Waals surface area (Å²) in [5.74, 6) is -0.140. The van der Waals surface area contributed by atoms with Crippen molar-refractivity contribution in [2.75, 3.05) is 0 Å². The van der Waals surface area contributed by atoms with E-state index in [0.29, 0.717) is 5.56 Å². The molecule has 0 unspecified atom stereocenters. The van der Waals surface area contributed by atoms with Crippen LogP contribution in [0.4, 0.5) is 0 Å². The summed E-state index contributed by atoms with van der Waals surface area (Å²) in [7, 11) is 0. The molecule has 1 aromatic carbocycles. The van der Waals surface area contributed by atoms with Gasteiger partial charge in [0, 0.05) is 0 Å². The summed E-state index contributed by atoms with van der Waals surface area (Å²) >= 11 is 0.611. The Bertz CT molecular complexity index is 380. The molecule has 1 rings (SSSR count). The Kier molecular flexibility index (Phi) is 6.13. The van der Waals surface area contributed by atoms with E-state index in [4.69, 9.17) is 2.69 Å². The van der Waals surface area contributed by atoms with Gasteiger partial charge in [0.15, 0.2) is 0 Å². The summed E-state index contributed by atoms with van der Waals surface area (Å²) < 4.78 is 10.0. The van der Waals surface area contributed by atoms with E-state index in [2.05, 4.69) is 36.7 Å². The Morgan fingerprint density at radius 3 is 2.29 bits per heavy atom. The molecular formula is C13H19BrO2Pb. The molecule has 0 N–H and O–H groups in total. The molecule has 94 valence electrons. The first-order valence-corrected chi connectivity index (χ1v) is 16.7. The molecule has 17 heavy (non-hydrogen) atoms. The molecule has 0 saturated heterocycles. The number of rotatable bonds is 5. The van der Waals surface area contributed by atoms with Crippen LogP contribution in [0, 0.1) is 0 Å². The molecule has 0 aliphatic carbocycles. The van der Waals surface area contributed by atoms with Gasteiger partial charge in [-0.25, -0.2) is 0 Å². The Hall–Kier alpha value is 0.0921. The van der Waals surface area contributed by atoms with Crippen LogP contribution in [-0.4, -0.2) is 27.6 Å². The van der Waals surface area contributed by atoms with E-state index in [1.165, 1.54) is 0 Å². The molecule has 0 amide bonds. The first-order chi connectivity index (χ1) is 8.06. The zero-order chi connectivity index (χ0) is 12.9. The van der Waals surface area contributed by atoms with E-state index in [-0.39, 0.29) is 5.97 Å². The monoisotopic (exact) mass is 494 g/mol. The van der Waals surface area contributed by atoms with Crippen LogP contribution in [0.1, 0.15) is 31.1 Å². The van der Waals surface area contributed by atoms with E-state index in [1.54, 1.807) is 0 Å². The second kappa shape index (κ2) is 6.87. The van der Waals surface area contributed by atoms with Gasteiger partial charge in [-0.3, -0.25) is 0 Å². The number of carbonyl (C=O) groups is 1. The van der Waals surface area contributed by atoms with Gasteiger partial charge in [-0.2, -0.15) is 0 Å². The number of hydrogen-bond acceptors (Lipinski definition) is 2. The molecule has 0 heterocycles. The van der Waals surface area contributed by atoms with E-state index in [0.717, 1.165) is 16.4 Å². The van der Waals surface area contributed by atoms with Crippen LogP contribution < -0.4 is 0 Å². The third-order valence-corrected chi connectivity index (χ3v) is 21.2. The predicted octanol–water partition coefficient (Wildman–Crippen LogP) is 4.61. The maximum atomic E-state index is 12.1. The molecule has 0 aromatic heterocycles. The van der Waals surface area contributed by atoms with Gasteiger partial charge < -0.3 is 0 Å². The predicted molar refractivity (Wildman–Crippen MR) is 76.8 cm³/mol. The van der Waals surface area contributed by atoms with Crippen LogP contribution in [0.15, 0.2) is 28.7 Å². The van der Waals surface area contributed by atoms with Crippen LogP contribution in [0.25, 0.3) is 0 Å². The van der Waals surface area contributed by atoms with E-state index < -0.39 is 21.6 Å². The Balaban J connectivity index is 2.84. The Morgan fingerprint density at radius 2 is 1.82 bits per heavy atom. The van der Waals surface area contributed by atoms with Crippen LogP contribution in [0.5, 0.6) is 0 Å². The molecule has 0 radical (unpaired) electrons. The van der Waals surface area contributed by atoms with E-state index in [9.17, 15) is 4.79 Å². The molecule has 0 aliphatic heterocycles. The van der Waals surface area contributed by atoms with Gasteiger partial charge >= 0.3 is 118 Å². The topological polar surface area (TPSA) is 26.3 Å². The second-order valence-electron chi connectivity index (χ2n) is 4.14. The van der Waals surface area contributed by atoms with Crippen molar-refractivity contribution in [3.8, 4) is 0 Å². The molecule has 4 heteroatoms. The van der Waals surface area contributed by atoms with Crippen LogP contribution >= 0.6 is 15.9 Å². The number of carbonyl (C=O) groups excluding carboxylic acids is 1. The summed E-state index contributed by atoms with van der Waals surface area (Å²) in [6, 6.07) is 7.41. The van der Waals surface area contributed by atoms with Crippen molar-refractivity contribution in [1.29, 1.82) is 0 Å². The zero-order valence-corrected chi connectivity index (χ0v) is 16.1. The van der Waals surface area contributed by atoms with Gasteiger partial charge in [0.05, 0.1) is 0 Å². The number of benzene rings is 1. The van der Waals surface area contributed by atoms with Crippen molar-refractivity contribution in [3.05, 3.63) is 34.3 Å². The third kappa shape index (κ3) is 4.05. The van der Waals surface area contributed by atoms with Gasteiger partial charge in [-0.15, -0.1) is 0 Å². The van der Waals surface area contributed by atoms with Crippen LogP contribution in [0.3, 0.4) is 0 Å². The molecule has 0 bridgehead atoms. The summed E-state index contributed by atoms with van der Waals surface area (Å²) in [6.07, 6.45) is 0. The molecular weight excluding hydrogens is 475 g/mol. The Morgan fingerprint density at radius 1 is 1.24 bits per heavy atom. The Labute approximate surface area is 117 Å². The standard InChI is InChI=1S/C7H5BrO2.3C2H5.Pb/c8-6-3-1-2-5(4-6)7(9)10;3*1-2;/h1-4H,(H,9,10);3*1H2,2H3;/q;;;;+1/p-1. The quantitative estimate of drug-likeness (QED) is 0.559. The second-order valence-corrected chi connectivity index (χ2v) is 23.3. The molecule has 2 nitrogen and oxygen atoms in total. The molecule has 0 saturated carbocycles. The molecule has 0 aliphatic rings. The van der Waals surface area contributed by atoms with Crippen molar-refractivity contribution in [2.45, 2.75) is 32.7 Å². The zero-order valence-electron chi connectivity index (χ0n) is 10.6. The van der Waals surface area contributed by atoms with Crippen molar-refractivity contribution in [1.82, 2.24) is 0 Å². The first-order valence-electron chi connectivity index (χ1n) is 6.05. The summed E-state index contributed by atoms with van der Waals surface area (Å²) in [5.41, 5.74) is 0.652. The third-order valence-electron chi connectivity index (χ3n) is 3.30. The molecule has 1 aromatic rings. The SMILES string of the molecule is C[CH2][Pb]([CH2]C)([CH2]C)[O]C(=O)c1cccc(Br)c1. The minimum absolute atomic E-state index is 0.140. The maximum absolute atomic E-state index is 12.1. The van der Waals surface area contributed by atoms with E-state index in [1.807, 2.05) is 24.3 Å². The van der Waals surface area contributed by atoms with Gasteiger partial charge in [-0.05, 0) is 0 Å². The molecule has 0 spiro atoms. The first kappa shape index (κ1) is 15.2. The van der Waals surface area contributed by atoms with Crippen molar-refractivity contribution in [2.24, 2.45) is 0 Å². The average Bonchev–Trinajstić information content (AvgIpc) is 2.36. The van der Waals surface area contributed by atoms with Gasteiger partial charge in [-0.1, -0.05) is 0 Å². The van der Waals surface area contributed by atoms with Gasteiger partial charge in [0.1, 0.15) is 0 Å². The fraction of sp³-hybridized carbons (Fsp3) is 0.462. The number of hydrogen-bond donors (Lipinski definition) is 0. The molecule has 0 atom stereocenters. The minimum atomic E-state index is -2.76.